The molecule has 0 saturated carbocycles. The second kappa shape index (κ2) is 6.69. The fraction of sp³-hybridized carbons (Fsp3) is 1.00. The molecule has 1 atom stereocenters. The largest absolute Gasteiger partial charge is 0.379 e. The topological polar surface area (TPSA) is 39.7 Å². The van der Waals surface area contributed by atoms with Crippen molar-refractivity contribution in [3.63, 3.8) is 0 Å². The van der Waals surface area contributed by atoms with E-state index in [0.717, 1.165) is 52.0 Å². The summed E-state index contributed by atoms with van der Waals surface area (Å²) < 4.78 is 17.2. The van der Waals surface area contributed by atoms with Crippen LogP contribution in [0.25, 0.3) is 0 Å². The maximum atomic E-state index is 5.97. The van der Waals surface area contributed by atoms with E-state index in [-0.39, 0.29) is 11.7 Å². The lowest BCUT2D eigenvalue weighted by Gasteiger charge is -2.32. The minimum Gasteiger partial charge on any atom is -0.379 e. The molecule has 2 saturated heterocycles. The molecule has 2 heterocycles. The molecular weight excluding hydrogens is 218 g/mol. The minimum absolute atomic E-state index is 0.111. The van der Waals surface area contributed by atoms with E-state index in [9.17, 15) is 0 Å². The Morgan fingerprint density at radius 1 is 1.24 bits per heavy atom. The molecule has 17 heavy (non-hydrogen) atoms. The van der Waals surface area contributed by atoms with Gasteiger partial charge in [-0.1, -0.05) is 6.92 Å². The number of ether oxygens (including phenoxy) is 3. The quantitative estimate of drug-likeness (QED) is 0.715. The van der Waals surface area contributed by atoms with Gasteiger partial charge in [-0.05, 0) is 32.4 Å². The van der Waals surface area contributed by atoms with Crippen LogP contribution in [-0.4, -0.2) is 51.2 Å². The lowest BCUT2D eigenvalue weighted by molar-refractivity contribution is -0.0264. The molecular formula is C13H25NO3. The highest BCUT2D eigenvalue weighted by atomic mass is 16.6. The third-order valence-electron chi connectivity index (χ3n) is 3.62. The SMILES string of the molecule is CCCOCCOC1COC2(CCNCC2)C1. The molecule has 0 aromatic carbocycles. The van der Waals surface area contributed by atoms with Crippen LogP contribution in [0.4, 0.5) is 0 Å². The summed E-state index contributed by atoms with van der Waals surface area (Å²) in [6.07, 6.45) is 4.65. The Balaban J connectivity index is 1.60. The van der Waals surface area contributed by atoms with Crippen molar-refractivity contribution < 1.29 is 14.2 Å². The van der Waals surface area contributed by atoms with Gasteiger partial charge in [-0.25, -0.2) is 0 Å². The van der Waals surface area contributed by atoms with E-state index in [4.69, 9.17) is 14.2 Å². The Hall–Kier alpha value is -0.160. The van der Waals surface area contributed by atoms with Gasteiger partial charge in [0, 0.05) is 13.0 Å². The number of piperidine rings is 1. The number of nitrogens with one attached hydrogen (secondary N) is 1. The van der Waals surface area contributed by atoms with Crippen LogP contribution in [0, 0.1) is 0 Å². The molecule has 4 nitrogen and oxygen atoms in total. The van der Waals surface area contributed by atoms with Crippen LogP contribution < -0.4 is 5.32 Å². The molecule has 2 aliphatic rings. The van der Waals surface area contributed by atoms with Gasteiger partial charge < -0.3 is 19.5 Å². The van der Waals surface area contributed by atoms with Gasteiger partial charge in [-0.3, -0.25) is 0 Å². The van der Waals surface area contributed by atoms with Gasteiger partial charge in [0.1, 0.15) is 0 Å². The van der Waals surface area contributed by atoms with Crippen molar-refractivity contribution in [1.82, 2.24) is 5.32 Å². The highest BCUT2D eigenvalue weighted by Gasteiger charge is 2.41. The Morgan fingerprint density at radius 2 is 2.06 bits per heavy atom. The molecule has 0 aromatic rings. The molecule has 2 rings (SSSR count). The van der Waals surface area contributed by atoms with E-state index in [1.54, 1.807) is 0 Å². The highest BCUT2D eigenvalue weighted by Crippen LogP contribution is 2.34. The van der Waals surface area contributed by atoms with Crippen LogP contribution in [0.1, 0.15) is 32.6 Å². The first kappa shape index (κ1) is 13.3. The van der Waals surface area contributed by atoms with E-state index in [2.05, 4.69) is 12.2 Å². The van der Waals surface area contributed by atoms with E-state index < -0.39 is 0 Å². The summed E-state index contributed by atoms with van der Waals surface area (Å²) in [4.78, 5) is 0. The fourth-order valence-corrected chi connectivity index (χ4v) is 2.66. The Labute approximate surface area is 104 Å². The molecule has 0 amide bonds. The summed E-state index contributed by atoms with van der Waals surface area (Å²) in [5.74, 6) is 0. The van der Waals surface area contributed by atoms with Gasteiger partial charge in [-0.15, -0.1) is 0 Å². The first-order valence-corrected chi connectivity index (χ1v) is 6.89. The third kappa shape index (κ3) is 3.91. The smallest absolute Gasteiger partial charge is 0.0837 e. The summed E-state index contributed by atoms with van der Waals surface area (Å²) in [5.41, 5.74) is 0.111. The highest BCUT2D eigenvalue weighted by molar-refractivity contribution is 4.93. The number of rotatable bonds is 6. The molecule has 0 aromatic heterocycles. The van der Waals surface area contributed by atoms with Gasteiger partial charge in [0.15, 0.2) is 0 Å². The van der Waals surface area contributed by atoms with Crippen molar-refractivity contribution in [3.8, 4) is 0 Å². The zero-order valence-electron chi connectivity index (χ0n) is 10.9. The van der Waals surface area contributed by atoms with E-state index >= 15 is 0 Å². The van der Waals surface area contributed by atoms with Crippen LogP contribution in [0.3, 0.4) is 0 Å². The fourth-order valence-electron chi connectivity index (χ4n) is 2.66. The Morgan fingerprint density at radius 3 is 2.82 bits per heavy atom. The molecule has 1 unspecified atom stereocenters. The van der Waals surface area contributed by atoms with Crippen LogP contribution in [0.15, 0.2) is 0 Å². The number of hydrogen-bond acceptors (Lipinski definition) is 4. The molecule has 0 radical (unpaired) electrons. The second-order valence-corrected chi connectivity index (χ2v) is 5.05. The number of hydrogen-bond donors (Lipinski definition) is 1. The van der Waals surface area contributed by atoms with E-state index in [0.29, 0.717) is 13.2 Å². The van der Waals surface area contributed by atoms with E-state index in [1.807, 2.05) is 0 Å². The van der Waals surface area contributed by atoms with Crippen molar-refractivity contribution >= 4 is 0 Å². The molecule has 4 heteroatoms. The maximum Gasteiger partial charge on any atom is 0.0837 e. The van der Waals surface area contributed by atoms with Crippen LogP contribution in [0.2, 0.25) is 0 Å². The third-order valence-corrected chi connectivity index (χ3v) is 3.62. The maximum absolute atomic E-state index is 5.97. The molecule has 0 bridgehead atoms. The molecule has 1 N–H and O–H groups in total. The van der Waals surface area contributed by atoms with Gasteiger partial charge in [0.25, 0.3) is 0 Å². The normalized spacial score (nSPS) is 27.7. The zero-order valence-corrected chi connectivity index (χ0v) is 10.9. The van der Waals surface area contributed by atoms with Crippen molar-refractivity contribution in [2.24, 2.45) is 0 Å². The van der Waals surface area contributed by atoms with Crippen LogP contribution >= 0.6 is 0 Å². The lowest BCUT2D eigenvalue weighted by Crippen LogP contribution is -2.41. The standard InChI is InChI=1S/C13H25NO3/c1-2-7-15-8-9-16-12-10-13(17-11-12)3-5-14-6-4-13/h12,14H,2-11H2,1H3. The summed E-state index contributed by atoms with van der Waals surface area (Å²) in [5, 5.41) is 3.38. The van der Waals surface area contributed by atoms with Crippen LogP contribution in [0.5, 0.6) is 0 Å². The zero-order chi connectivity index (χ0) is 12.0. The van der Waals surface area contributed by atoms with Crippen LogP contribution in [-0.2, 0) is 14.2 Å². The second-order valence-electron chi connectivity index (χ2n) is 5.05. The molecule has 2 fully saturated rings. The van der Waals surface area contributed by atoms with Gasteiger partial charge in [0.05, 0.1) is 31.5 Å². The van der Waals surface area contributed by atoms with E-state index in [1.165, 1.54) is 0 Å². The molecule has 0 aliphatic carbocycles. The van der Waals surface area contributed by atoms with Crippen molar-refractivity contribution in [1.29, 1.82) is 0 Å². The van der Waals surface area contributed by atoms with Crippen molar-refractivity contribution in [2.45, 2.75) is 44.3 Å². The van der Waals surface area contributed by atoms with Gasteiger partial charge in [0.2, 0.25) is 0 Å². The summed E-state index contributed by atoms with van der Waals surface area (Å²) in [6.45, 7) is 7.26. The minimum atomic E-state index is 0.111. The van der Waals surface area contributed by atoms with Gasteiger partial charge >= 0.3 is 0 Å². The molecule has 100 valence electrons. The monoisotopic (exact) mass is 243 g/mol. The summed E-state index contributed by atoms with van der Waals surface area (Å²) in [7, 11) is 0. The summed E-state index contributed by atoms with van der Waals surface area (Å²) in [6, 6.07) is 0. The van der Waals surface area contributed by atoms with Crippen molar-refractivity contribution in [2.75, 3.05) is 39.5 Å². The lowest BCUT2D eigenvalue weighted by atomic mass is 9.89. The predicted octanol–water partition coefficient (Wildman–Crippen LogP) is 1.34. The van der Waals surface area contributed by atoms with Gasteiger partial charge in [-0.2, -0.15) is 0 Å². The Kier molecular flexibility index (Phi) is 5.22. The average molecular weight is 243 g/mol. The molecule has 1 spiro atoms. The average Bonchev–Trinajstić information content (AvgIpc) is 2.73. The first-order valence-electron chi connectivity index (χ1n) is 6.89. The predicted molar refractivity (Wildman–Crippen MR) is 66.3 cm³/mol. The Bertz CT molecular complexity index is 217. The van der Waals surface area contributed by atoms with Crippen molar-refractivity contribution in [3.05, 3.63) is 0 Å². The first-order chi connectivity index (χ1) is 8.35. The summed E-state index contributed by atoms with van der Waals surface area (Å²) >= 11 is 0. The molecule has 2 aliphatic heterocycles.